The summed E-state index contributed by atoms with van der Waals surface area (Å²) in [5.74, 6) is 0.132. The summed E-state index contributed by atoms with van der Waals surface area (Å²) in [6, 6.07) is 5.31. The molecule has 1 aromatic rings. The van der Waals surface area contributed by atoms with Crippen molar-refractivity contribution in [3.63, 3.8) is 0 Å². The number of aromatic nitrogens is 1. The van der Waals surface area contributed by atoms with Crippen molar-refractivity contribution in [2.45, 2.75) is 32.1 Å². The zero-order valence-corrected chi connectivity index (χ0v) is 11.9. The molecule has 0 N–H and O–H groups in total. The first-order valence-electron chi connectivity index (χ1n) is 5.51. The molecule has 5 nitrogen and oxygen atoms in total. The van der Waals surface area contributed by atoms with E-state index < -0.39 is 21.4 Å². The number of rotatable bonds is 2. The lowest BCUT2D eigenvalue weighted by Crippen LogP contribution is -2.22. The summed E-state index contributed by atoms with van der Waals surface area (Å²) in [5, 5.41) is 0. The fourth-order valence-electron chi connectivity index (χ4n) is 1.23. The predicted octanol–water partition coefficient (Wildman–Crippen LogP) is 2.61. The zero-order valence-electron chi connectivity index (χ0n) is 11.0. The molecule has 0 spiro atoms. The predicted molar refractivity (Wildman–Crippen MR) is 70.7 cm³/mol. The van der Waals surface area contributed by atoms with Crippen LogP contribution in [-0.4, -0.2) is 27.1 Å². The summed E-state index contributed by atoms with van der Waals surface area (Å²) in [6.07, 6.45) is 2.23. The summed E-state index contributed by atoms with van der Waals surface area (Å²) in [5.41, 5.74) is -0.00140. The van der Waals surface area contributed by atoms with Gasteiger partial charge in [-0.05, 0) is 32.9 Å². The van der Waals surface area contributed by atoms with Crippen LogP contribution in [0.4, 0.5) is 4.79 Å². The van der Waals surface area contributed by atoms with Crippen molar-refractivity contribution in [1.29, 1.82) is 0 Å². The topological polar surface area (TPSA) is 68.6 Å². The van der Waals surface area contributed by atoms with Crippen molar-refractivity contribution in [3.05, 3.63) is 30.1 Å². The first kappa shape index (κ1) is 14.6. The molecule has 100 valence electrons. The molecule has 1 aromatic heterocycles. The Balaban J connectivity index is 2.81. The van der Waals surface area contributed by atoms with E-state index in [1.807, 2.05) is 0 Å². The molecule has 1 unspecified atom stereocenters. The molecular formula is C12H18N2O3S. The molecule has 1 amide bonds. The largest absolute Gasteiger partial charge is 0.442 e. The van der Waals surface area contributed by atoms with Crippen molar-refractivity contribution in [1.82, 2.24) is 4.98 Å². The molecule has 0 saturated carbocycles. The van der Waals surface area contributed by atoms with Crippen LogP contribution in [0.3, 0.4) is 0 Å². The third-order valence-corrected chi connectivity index (χ3v) is 3.17. The highest BCUT2D eigenvalue weighted by molar-refractivity contribution is 7.92. The van der Waals surface area contributed by atoms with Gasteiger partial charge in [0.2, 0.25) is 0 Å². The molecule has 18 heavy (non-hydrogen) atoms. The number of amides is 1. The molecule has 0 aliphatic heterocycles. The zero-order chi connectivity index (χ0) is 13.8. The van der Waals surface area contributed by atoms with E-state index in [4.69, 9.17) is 4.74 Å². The van der Waals surface area contributed by atoms with Crippen LogP contribution in [0.25, 0.3) is 0 Å². The minimum absolute atomic E-state index is 0.132. The van der Waals surface area contributed by atoms with E-state index in [0.717, 1.165) is 0 Å². The van der Waals surface area contributed by atoms with Gasteiger partial charge in [-0.2, -0.15) is 0 Å². The van der Waals surface area contributed by atoms with E-state index in [1.165, 1.54) is 6.26 Å². The maximum absolute atomic E-state index is 12.1. The molecule has 0 fully saturated rings. The van der Waals surface area contributed by atoms with Crippen molar-refractivity contribution in [3.8, 4) is 0 Å². The van der Waals surface area contributed by atoms with Gasteiger partial charge in [-0.25, -0.2) is 9.00 Å². The number of carbonyl (C=O) groups is 1. The van der Waals surface area contributed by atoms with Crippen LogP contribution in [0.15, 0.2) is 28.8 Å². The van der Waals surface area contributed by atoms with Gasteiger partial charge in [0.05, 0.1) is 21.2 Å². The van der Waals surface area contributed by atoms with Crippen LogP contribution in [0.5, 0.6) is 0 Å². The van der Waals surface area contributed by atoms with Gasteiger partial charge in [-0.1, -0.05) is 6.07 Å². The quantitative estimate of drug-likeness (QED) is 0.828. The van der Waals surface area contributed by atoms with Crippen molar-refractivity contribution >= 4 is 15.8 Å². The van der Waals surface area contributed by atoms with Crippen LogP contribution < -0.4 is 0 Å². The van der Waals surface area contributed by atoms with Crippen LogP contribution in [0.2, 0.25) is 0 Å². The van der Waals surface area contributed by atoms with E-state index in [0.29, 0.717) is 5.69 Å². The van der Waals surface area contributed by atoms with Crippen LogP contribution >= 0.6 is 0 Å². The molecular weight excluding hydrogens is 252 g/mol. The van der Waals surface area contributed by atoms with Crippen molar-refractivity contribution in [2.24, 2.45) is 4.36 Å². The number of hydrogen-bond acceptors (Lipinski definition) is 4. The van der Waals surface area contributed by atoms with Gasteiger partial charge >= 0.3 is 6.09 Å². The van der Waals surface area contributed by atoms with Gasteiger partial charge in [0.25, 0.3) is 0 Å². The van der Waals surface area contributed by atoms with Crippen molar-refractivity contribution < 1.29 is 13.7 Å². The molecule has 0 saturated heterocycles. The minimum atomic E-state index is -2.67. The third-order valence-electron chi connectivity index (χ3n) is 1.80. The fourth-order valence-corrected chi connectivity index (χ4v) is 2.37. The standard InChI is InChI=1S/C12H18N2O3S/c1-12(2,3)17-11(15)14-18(4,16)9-10-7-5-6-8-13-10/h5-8H,9H2,1-4H3. The average Bonchev–Trinajstić information content (AvgIpc) is 2.13. The SMILES string of the molecule is CC(C)(C)OC(=O)N=S(C)(=O)Cc1ccccn1. The Bertz CT molecular complexity index is 526. The van der Waals surface area contributed by atoms with Crippen molar-refractivity contribution in [2.75, 3.05) is 6.26 Å². The first-order valence-corrected chi connectivity index (χ1v) is 7.60. The Kier molecular flexibility index (Phi) is 4.45. The molecule has 0 radical (unpaired) electrons. The maximum Gasteiger partial charge on any atom is 0.442 e. The first-order chi connectivity index (χ1) is 8.18. The molecule has 0 aromatic carbocycles. The Labute approximate surface area is 108 Å². The summed E-state index contributed by atoms with van der Waals surface area (Å²) >= 11 is 0. The lowest BCUT2D eigenvalue weighted by molar-refractivity contribution is 0.0607. The second-order valence-electron chi connectivity index (χ2n) is 5.00. The molecule has 1 rings (SSSR count). The Morgan fingerprint density at radius 2 is 2.11 bits per heavy atom. The summed E-state index contributed by atoms with van der Waals surface area (Å²) in [4.78, 5) is 15.5. The van der Waals surface area contributed by atoms with E-state index >= 15 is 0 Å². The molecule has 1 heterocycles. The summed E-state index contributed by atoms with van der Waals surface area (Å²) < 4.78 is 20.8. The summed E-state index contributed by atoms with van der Waals surface area (Å²) in [6.45, 7) is 5.20. The number of ether oxygens (including phenoxy) is 1. The van der Waals surface area contributed by atoms with E-state index in [1.54, 1.807) is 45.2 Å². The Morgan fingerprint density at radius 3 is 2.61 bits per heavy atom. The van der Waals surface area contributed by atoms with Gasteiger partial charge in [-0.3, -0.25) is 4.98 Å². The third kappa shape index (κ3) is 5.77. The van der Waals surface area contributed by atoms with E-state index in [9.17, 15) is 9.00 Å². The highest BCUT2D eigenvalue weighted by Gasteiger charge is 2.17. The number of carbonyl (C=O) groups excluding carboxylic acids is 1. The second kappa shape index (κ2) is 5.48. The van der Waals surface area contributed by atoms with Gasteiger partial charge in [0.1, 0.15) is 5.60 Å². The Hall–Kier alpha value is -1.43. The van der Waals surface area contributed by atoms with Crippen LogP contribution in [0.1, 0.15) is 26.5 Å². The number of pyridine rings is 1. The van der Waals surface area contributed by atoms with E-state index in [2.05, 4.69) is 9.35 Å². The number of hydrogen-bond donors (Lipinski definition) is 0. The molecule has 1 atom stereocenters. The maximum atomic E-state index is 12.1. The van der Waals surface area contributed by atoms with E-state index in [-0.39, 0.29) is 5.75 Å². The van der Waals surface area contributed by atoms with Gasteiger partial charge in [0.15, 0.2) is 0 Å². The highest BCUT2D eigenvalue weighted by Crippen LogP contribution is 2.10. The molecule has 6 heteroatoms. The van der Waals surface area contributed by atoms with Crippen LogP contribution in [-0.2, 0) is 20.2 Å². The smallest absolute Gasteiger partial charge is 0.442 e. The van der Waals surface area contributed by atoms with Crippen LogP contribution in [0, 0.1) is 0 Å². The normalized spacial score (nSPS) is 14.7. The van der Waals surface area contributed by atoms with Gasteiger partial charge in [0, 0.05) is 12.5 Å². The van der Waals surface area contributed by atoms with Gasteiger partial charge < -0.3 is 4.74 Å². The Morgan fingerprint density at radius 1 is 1.44 bits per heavy atom. The van der Waals surface area contributed by atoms with Gasteiger partial charge in [-0.15, -0.1) is 4.36 Å². The average molecular weight is 270 g/mol. The highest BCUT2D eigenvalue weighted by atomic mass is 32.2. The summed E-state index contributed by atoms with van der Waals surface area (Å²) in [7, 11) is -2.67. The fraction of sp³-hybridized carbons (Fsp3) is 0.500. The minimum Gasteiger partial charge on any atom is -0.442 e. The lowest BCUT2D eigenvalue weighted by Gasteiger charge is -2.17. The monoisotopic (exact) mass is 270 g/mol. The molecule has 0 bridgehead atoms. The second-order valence-corrected chi connectivity index (χ2v) is 7.39. The molecule has 0 aliphatic carbocycles. The number of nitrogens with zero attached hydrogens (tertiary/aromatic N) is 2. The molecule has 0 aliphatic rings. The lowest BCUT2D eigenvalue weighted by atomic mass is 10.2.